The first-order chi connectivity index (χ1) is 49.9. The van der Waals surface area contributed by atoms with E-state index in [2.05, 4.69) is 57.0 Å². The molecule has 0 fully saturated rings. The molecule has 11 aromatic rings. The lowest BCUT2D eigenvalue weighted by molar-refractivity contribution is -0.0509. The number of esters is 1. The Morgan fingerprint density at radius 3 is 1.62 bits per heavy atom. The molecule has 104 heavy (non-hydrogen) atoms. The van der Waals surface area contributed by atoms with Gasteiger partial charge in [-0.2, -0.15) is 42.6 Å². The van der Waals surface area contributed by atoms with E-state index < -0.39 is 33.1 Å². The molecule has 4 N–H and O–H groups in total. The third-order valence-electron chi connectivity index (χ3n) is 15.4. The molecule has 0 aliphatic heterocycles. The first-order valence-corrected chi connectivity index (χ1v) is 32.6. The lowest BCUT2D eigenvalue weighted by Crippen LogP contribution is -2.26. The summed E-state index contributed by atoms with van der Waals surface area (Å²) < 4.78 is 93.4. The number of hydrogen-bond acceptors (Lipinski definition) is 20. The van der Waals surface area contributed by atoms with Crippen molar-refractivity contribution >= 4 is 88.7 Å². The van der Waals surface area contributed by atoms with E-state index in [1.165, 1.54) is 49.5 Å². The van der Waals surface area contributed by atoms with Gasteiger partial charge in [-0.1, -0.05) is 24.3 Å². The highest BCUT2D eigenvalue weighted by Gasteiger charge is 2.49. The third-order valence-corrected chi connectivity index (χ3v) is 16.4. The summed E-state index contributed by atoms with van der Waals surface area (Å²) in [6, 6.07) is 43.2. The van der Waals surface area contributed by atoms with Gasteiger partial charge in [0.15, 0.2) is 5.76 Å². The molecule has 0 bridgehead atoms. The van der Waals surface area contributed by atoms with Crippen LogP contribution in [0.25, 0.3) is 66.5 Å². The highest BCUT2D eigenvalue weighted by Crippen LogP contribution is 2.41. The molecule has 4 aromatic carbocycles. The minimum absolute atomic E-state index is 0.0838. The van der Waals surface area contributed by atoms with Crippen LogP contribution in [0.3, 0.4) is 0 Å². The van der Waals surface area contributed by atoms with Crippen LogP contribution in [0.2, 0.25) is 0 Å². The molecule has 7 heterocycles. The Bertz CT molecular complexity index is 5200. The predicted octanol–water partition coefficient (Wildman–Crippen LogP) is 15.2. The predicted molar refractivity (Wildman–Crippen MR) is 383 cm³/mol. The maximum absolute atomic E-state index is 12.9. The zero-order chi connectivity index (χ0) is 75.3. The quantitative estimate of drug-likeness (QED) is 0.0258. The summed E-state index contributed by atoms with van der Waals surface area (Å²) in [5, 5.41) is 60.0. The zero-order valence-corrected chi connectivity index (χ0v) is 58.0. The minimum Gasteiger partial charge on any atom is -0.506 e. The molecule has 7 aromatic heterocycles. The Morgan fingerprint density at radius 2 is 1.14 bits per heavy atom. The number of pyridine rings is 4. The van der Waals surface area contributed by atoms with Gasteiger partial charge in [0.1, 0.15) is 58.0 Å². The van der Waals surface area contributed by atoms with Crippen LogP contribution in [0.4, 0.5) is 18.0 Å². The number of H-pyrrole nitrogens is 2. The Labute approximate surface area is 595 Å². The summed E-state index contributed by atoms with van der Waals surface area (Å²) >= 11 is 0. The summed E-state index contributed by atoms with van der Waals surface area (Å²) in [6.45, 7) is 7.26. The van der Waals surface area contributed by atoms with Crippen LogP contribution in [-0.2, 0) is 43.2 Å². The molecule has 0 spiro atoms. The van der Waals surface area contributed by atoms with E-state index in [-0.39, 0.29) is 47.0 Å². The van der Waals surface area contributed by atoms with E-state index in [1.807, 2.05) is 61.7 Å². The molecule has 27 heteroatoms. The van der Waals surface area contributed by atoms with Crippen molar-refractivity contribution in [1.29, 1.82) is 21.0 Å². The molecule has 1 aliphatic rings. The molecular weight excluding hydrogens is 1360 g/mol. The molecule has 0 saturated heterocycles. The fraction of sp³-hybridized carbons (Fsp3) is 0.169. The van der Waals surface area contributed by atoms with Crippen molar-refractivity contribution in [2.45, 2.75) is 58.3 Å². The second kappa shape index (κ2) is 34.6. The second-order valence-corrected chi connectivity index (χ2v) is 24.7. The number of nitrogens with zero attached hydrogens (tertiary/aromatic N) is 9. The molecule has 0 saturated carbocycles. The number of carbonyl (C=O) groups excluding carboxylic acids is 2. The van der Waals surface area contributed by atoms with Crippen molar-refractivity contribution in [2.24, 2.45) is 0 Å². The number of aliphatic hydroxyl groups excluding tert-OH is 2. The molecule has 0 amide bonds. The Kier molecular flexibility index (Phi) is 25.4. The van der Waals surface area contributed by atoms with Crippen LogP contribution in [0.5, 0.6) is 17.2 Å². The first-order valence-electron chi connectivity index (χ1n) is 31.2. The number of alkyl halides is 3. The van der Waals surface area contributed by atoms with Crippen LogP contribution in [0, 0.1) is 45.3 Å². The van der Waals surface area contributed by atoms with Crippen LogP contribution >= 0.6 is 0 Å². The smallest absolute Gasteiger partial charge is 0.506 e. The van der Waals surface area contributed by atoms with Gasteiger partial charge < -0.3 is 48.0 Å². The standard InChI is InChI=1S/C19H13F3N2O4S.C18H15N3O.C17H13N3O2.C16H18N2O3.C7H7NO2/c1-27-14-6-4-12-5-7-15(16(12)9-14)17(10-23)18(13-3-2-8-24-11-13)28-29(25,26)19(20,21)22;1-12(13-4-3-7-20-10-13)16(9-19)17-11-21-18-6-5-14(22-2)8-15(17)18;1-22-12-4-5-16-13(7-12)15(10-20-16)14(8-18)17(21)11-3-2-6-19-9-11;1-16(2,3)21-15(20)18-9-12(6-7-17)13-8-11(10-19)4-5-14(13)18;1-10-7(9)6-3-2-4-8-5-6/h2-4,6-9,11H,5H2,1H3;3-8,10-11,21H,1-2H3;2-7,9-10,20-21H,1H3;4-5,8-9,19H,6,10H2,1-3H3;2-5H,1H3/b18-17-;16-12+;17-14-;;. The number of benzene rings is 4. The van der Waals surface area contributed by atoms with Gasteiger partial charge in [-0.05, 0) is 171 Å². The number of aromatic nitrogens is 7. The van der Waals surface area contributed by atoms with Gasteiger partial charge in [-0.3, -0.25) is 24.5 Å². The number of fused-ring (bicyclic) bond motifs is 4. The number of methoxy groups -OCH3 is 4. The van der Waals surface area contributed by atoms with Crippen LogP contribution in [0.1, 0.15) is 88.1 Å². The number of carbonyl (C=O) groups is 2. The molecule has 23 nitrogen and oxygen atoms in total. The molecule has 12 rings (SSSR count). The van der Waals surface area contributed by atoms with Gasteiger partial charge in [-0.15, -0.1) is 0 Å². The van der Waals surface area contributed by atoms with Crippen molar-refractivity contribution in [3.8, 4) is 41.5 Å². The summed E-state index contributed by atoms with van der Waals surface area (Å²) in [5.41, 5.74) is 4.01. The minimum atomic E-state index is -6.01. The number of ether oxygens (including phenoxy) is 5. The number of halogens is 3. The topological polar surface area (TPSA) is 347 Å². The molecule has 0 unspecified atom stereocenters. The summed E-state index contributed by atoms with van der Waals surface area (Å²) in [7, 11) is -0.00109. The van der Waals surface area contributed by atoms with E-state index in [0.717, 1.165) is 72.5 Å². The average molecular weight is 1430 g/mol. The number of allylic oxidation sites excluding steroid dienone is 6. The fourth-order valence-electron chi connectivity index (χ4n) is 10.4. The van der Waals surface area contributed by atoms with Crippen molar-refractivity contribution in [1.82, 2.24) is 34.5 Å². The number of aromatic amines is 2. The van der Waals surface area contributed by atoms with E-state index in [4.69, 9.17) is 24.2 Å². The van der Waals surface area contributed by atoms with Gasteiger partial charge >= 0.3 is 27.7 Å². The van der Waals surface area contributed by atoms with E-state index in [9.17, 15) is 57.2 Å². The lowest BCUT2D eigenvalue weighted by atomic mass is 9.97. The maximum Gasteiger partial charge on any atom is 0.534 e. The number of aliphatic hydroxyl groups is 2. The zero-order valence-electron chi connectivity index (χ0n) is 57.1. The van der Waals surface area contributed by atoms with Gasteiger partial charge in [0, 0.05) is 123 Å². The Morgan fingerprint density at radius 1 is 0.635 bits per heavy atom. The second-order valence-electron chi connectivity index (χ2n) is 23.1. The number of nitriles is 4. The lowest BCUT2D eigenvalue weighted by Gasteiger charge is -2.19. The highest BCUT2D eigenvalue weighted by molar-refractivity contribution is 7.87. The summed E-state index contributed by atoms with van der Waals surface area (Å²) in [4.78, 5) is 44.9. The monoisotopic (exact) mass is 1430 g/mol. The van der Waals surface area contributed by atoms with E-state index in [1.54, 1.807) is 145 Å². The average Bonchev–Trinajstić information content (AvgIpc) is 1.63. The van der Waals surface area contributed by atoms with Crippen molar-refractivity contribution in [3.63, 3.8) is 0 Å². The first kappa shape index (κ1) is 76.4. The van der Waals surface area contributed by atoms with Crippen LogP contribution < -0.4 is 14.2 Å². The third kappa shape index (κ3) is 18.5. The molecule has 528 valence electrons. The van der Waals surface area contributed by atoms with Crippen molar-refractivity contribution < 1.29 is 69.3 Å². The fourth-order valence-corrected chi connectivity index (χ4v) is 10.8. The van der Waals surface area contributed by atoms with Gasteiger partial charge in [0.2, 0.25) is 0 Å². The van der Waals surface area contributed by atoms with E-state index >= 15 is 0 Å². The largest absolute Gasteiger partial charge is 0.534 e. The highest BCUT2D eigenvalue weighted by atomic mass is 32.2. The van der Waals surface area contributed by atoms with Crippen molar-refractivity contribution in [3.05, 3.63) is 257 Å². The van der Waals surface area contributed by atoms with Crippen molar-refractivity contribution in [2.75, 3.05) is 28.4 Å². The Balaban J connectivity index is 0.000000169. The molecular formula is C77H66F3N11O12S. The molecule has 1 aliphatic carbocycles. The van der Waals surface area contributed by atoms with Crippen LogP contribution in [-0.4, -0.2) is 105 Å². The van der Waals surface area contributed by atoms with Gasteiger partial charge in [-0.25, -0.2) is 9.59 Å². The Hall–Kier alpha value is -13.3. The molecule has 0 atom stereocenters. The molecule has 0 radical (unpaired) electrons. The van der Waals surface area contributed by atoms with Gasteiger partial charge in [0.05, 0.1) is 64.2 Å². The maximum atomic E-state index is 12.9. The SMILES string of the molecule is CC(C)(C)OC(=O)n1cc(CC#N)c2cc(CO)ccc21.COC(=O)c1cccnc1.COc1ccc2[nH]cc(/C(C#N)=C(\C)c3cccnc3)c2c1.COc1ccc2[nH]cc(/C(C#N)=C(\O)c3cccnc3)c2c1.COc1ccc2c(c1)C(/C(C#N)=C(\OS(=O)(=O)C(F)(F)F)c1cccnc1)=CC2. The number of hydrogen-bond donors (Lipinski definition) is 4. The summed E-state index contributed by atoms with van der Waals surface area (Å²) in [6.07, 6.45) is 19.1. The normalized spacial score (nSPS) is 12.2. The van der Waals surface area contributed by atoms with Crippen LogP contribution in [0.15, 0.2) is 201 Å². The number of rotatable bonds is 14. The summed E-state index contributed by atoms with van der Waals surface area (Å²) in [5.74, 6) is 0.726. The number of nitrogens with one attached hydrogen (secondary N) is 2. The van der Waals surface area contributed by atoms with E-state index in [0.29, 0.717) is 51.3 Å². The van der Waals surface area contributed by atoms with Gasteiger partial charge in [0.25, 0.3) is 0 Å².